The lowest BCUT2D eigenvalue weighted by atomic mass is 9.87. The van der Waals surface area contributed by atoms with Crippen molar-refractivity contribution in [1.29, 1.82) is 0 Å². The fraction of sp³-hybridized carbons (Fsp3) is 0.471. The van der Waals surface area contributed by atoms with Crippen LogP contribution in [0.25, 0.3) is 0 Å². The van der Waals surface area contributed by atoms with Gasteiger partial charge >= 0.3 is 6.18 Å². The molecule has 0 bridgehead atoms. The van der Waals surface area contributed by atoms with Gasteiger partial charge in [-0.25, -0.2) is 0 Å². The smallest absolute Gasteiger partial charge is 0.325 e. The molecule has 1 aromatic heterocycles. The lowest BCUT2D eigenvalue weighted by Gasteiger charge is -2.19. The zero-order valence-corrected chi connectivity index (χ0v) is 16.0. The summed E-state index contributed by atoms with van der Waals surface area (Å²) in [6, 6.07) is 7.48. The van der Waals surface area contributed by atoms with Gasteiger partial charge in [0, 0.05) is 12.7 Å². The molecule has 1 amide bonds. The van der Waals surface area contributed by atoms with E-state index in [-0.39, 0.29) is 16.5 Å². The Kier molecular flexibility index (Phi) is 5.70. The van der Waals surface area contributed by atoms with Crippen molar-refractivity contribution in [2.45, 2.75) is 49.7 Å². The average Bonchev–Trinajstić information content (AvgIpc) is 2.88. The number of halogens is 3. The molecule has 2 aromatic rings. The highest BCUT2D eigenvalue weighted by molar-refractivity contribution is 8.00. The summed E-state index contributed by atoms with van der Waals surface area (Å²) in [5, 5.41) is 8.83. The minimum atomic E-state index is -4.58. The van der Waals surface area contributed by atoms with Crippen molar-refractivity contribution in [3.05, 3.63) is 35.7 Å². The van der Waals surface area contributed by atoms with Crippen LogP contribution in [-0.2, 0) is 23.4 Å². The van der Waals surface area contributed by atoms with Gasteiger partial charge in [0.15, 0.2) is 5.16 Å². The number of hydrogen-bond donors (Lipinski definition) is 1. The minimum absolute atomic E-state index is 0.00702. The van der Waals surface area contributed by atoms with E-state index >= 15 is 0 Å². The first-order valence-electron chi connectivity index (χ1n) is 7.94. The maximum absolute atomic E-state index is 12.8. The summed E-state index contributed by atoms with van der Waals surface area (Å²) in [7, 11) is 1.22. The van der Waals surface area contributed by atoms with E-state index in [0.717, 1.165) is 21.9 Å². The summed E-state index contributed by atoms with van der Waals surface area (Å²) in [6.45, 7) is 7.88. The molecular formula is C17H21F3N4OS. The van der Waals surface area contributed by atoms with Gasteiger partial charge in [0.1, 0.15) is 0 Å². The van der Waals surface area contributed by atoms with Gasteiger partial charge in [0.05, 0.1) is 5.25 Å². The van der Waals surface area contributed by atoms with Crippen LogP contribution in [0.4, 0.5) is 18.9 Å². The van der Waals surface area contributed by atoms with Crippen molar-refractivity contribution >= 4 is 23.4 Å². The second kappa shape index (κ2) is 7.30. The lowest BCUT2D eigenvalue weighted by molar-refractivity contribution is -0.147. The molecule has 0 aliphatic rings. The van der Waals surface area contributed by atoms with Crippen LogP contribution in [0.15, 0.2) is 29.4 Å². The highest BCUT2D eigenvalue weighted by Crippen LogP contribution is 2.31. The third-order valence-electron chi connectivity index (χ3n) is 3.76. The summed E-state index contributed by atoms with van der Waals surface area (Å²) in [5.74, 6) is -1.42. The number of thioether (sulfide) groups is 1. The molecule has 26 heavy (non-hydrogen) atoms. The van der Waals surface area contributed by atoms with Crippen LogP contribution in [0.2, 0.25) is 0 Å². The molecule has 0 radical (unpaired) electrons. The molecule has 1 N–H and O–H groups in total. The fourth-order valence-corrected chi connectivity index (χ4v) is 2.99. The first-order chi connectivity index (χ1) is 11.9. The van der Waals surface area contributed by atoms with Gasteiger partial charge in [0.25, 0.3) is 0 Å². The summed E-state index contributed by atoms with van der Waals surface area (Å²) >= 11 is 0.919. The predicted molar refractivity (Wildman–Crippen MR) is 95.1 cm³/mol. The molecule has 0 aliphatic carbocycles. The number of nitrogens with zero attached hydrogens (tertiary/aromatic N) is 3. The molecule has 1 atom stereocenters. The Balaban J connectivity index is 2.03. The number of carbonyl (C=O) groups excluding carboxylic acids is 1. The van der Waals surface area contributed by atoms with Crippen LogP contribution >= 0.6 is 11.8 Å². The van der Waals surface area contributed by atoms with Crippen LogP contribution in [0.5, 0.6) is 0 Å². The quantitative estimate of drug-likeness (QED) is 0.798. The Morgan fingerprint density at radius 1 is 1.15 bits per heavy atom. The highest BCUT2D eigenvalue weighted by Gasteiger charge is 2.37. The van der Waals surface area contributed by atoms with Gasteiger partial charge in [-0.15, -0.1) is 10.2 Å². The van der Waals surface area contributed by atoms with E-state index in [4.69, 9.17) is 0 Å². The first kappa shape index (κ1) is 20.3. The van der Waals surface area contributed by atoms with E-state index in [2.05, 4.69) is 36.3 Å². The zero-order chi connectivity index (χ0) is 19.7. The van der Waals surface area contributed by atoms with Crippen molar-refractivity contribution in [3.8, 4) is 0 Å². The maximum Gasteiger partial charge on any atom is 0.451 e. The van der Waals surface area contributed by atoms with E-state index in [1.54, 1.807) is 19.1 Å². The summed E-state index contributed by atoms with van der Waals surface area (Å²) in [4.78, 5) is 12.3. The maximum atomic E-state index is 12.8. The number of nitrogens with one attached hydrogen (secondary N) is 1. The van der Waals surface area contributed by atoms with Crippen molar-refractivity contribution in [2.75, 3.05) is 5.32 Å². The molecule has 142 valence electrons. The Hall–Kier alpha value is -2.03. The highest BCUT2D eigenvalue weighted by atomic mass is 32.2. The Morgan fingerprint density at radius 3 is 2.19 bits per heavy atom. The molecule has 0 spiro atoms. The van der Waals surface area contributed by atoms with E-state index < -0.39 is 17.3 Å². The molecule has 1 heterocycles. The van der Waals surface area contributed by atoms with Gasteiger partial charge in [0.2, 0.25) is 11.7 Å². The lowest BCUT2D eigenvalue weighted by Crippen LogP contribution is -2.23. The Labute approximate surface area is 154 Å². The normalized spacial score (nSPS) is 13.5. The van der Waals surface area contributed by atoms with Crippen molar-refractivity contribution in [3.63, 3.8) is 0 Å². The zero-order valence-electron chi connectivity index (χ0n) is 15.2. The van der Waals surface area contributed by atoms with Crippen LogP contribution in [0, 0.1) is 0 Å². The van der Waals surface area contributed by atoms with Gasteiger partial charge in [-0.1, -0.05) is 44.7 Å². The molecule has 5 nitrogen and oxygen atoms in total. The SMILES string of the molecule is CC(Sc1nnc(C(F)(F)F)n1C)C(=O)Nc1ccc(C(C)(C)C)cc1. The predicted octanol–water partition coefficient (Wildman–Crippen LogP) is 4.25. The molecule has 1 unspecified atom stereocenters. The number of rotatable bonds is 4. The van der Waals surface area contributed by atoms with E-state index in [0.29, 0.717) is 5.69 Å². The van der Waals surface area contributed by atoms with Gasteiger partial charge in [-0.3, -0.25) is 4.79 Å². The average molecular weight is 386 g/mol. The molecule has 0 aliphatic heterocycles. The molecule has 0 saturated carbocycles. The van der Waals surface area contributed by atoms with Gasteiger partial charge < -0.3 is 9.88 Å². The van der Waals surface area contributed by atoms with Gasteiger partial charge in [-0.2, -0.15) is 13.2 Å². The molecule has 2 rings (SSSR count). The van der Waals surface area contributed by atoms with Crippen LogP contribution in [-0.4, -0.2) is 25.9 Å². The number of aromatic nitrogens is 3. The summed E-state index contributed by atoms with van der Waals surface area (Å²) in [6.07, 6.45) is -4.58. The number of anilines is 1. The first-order valence-corrected chi connectivity index (χ1v) is 8.82. The molecule has 0 fully saturated rings. The topological polar surface area (TPSA) is 59.8 Å². The Morgan fingerprint density at radius 2 is 1.73 bits per heavy atom. The van der Waals surface area contributed by atoms with Crippen molar-refractivity contribution < 1.29 is 18.0 Å². The van der Waals surface area contributed by atoms with E-state index in [1.165, 1.54) is 7.05 Å². The molecule has 9 heteroatoms. The number of alkyl halides is 3. The van der Waals surface area contributed by atoms with E-state index in [9.17, 15) is 18.0 Å². The summed E-state index contributed by atoms with van der Waals surface area (Å²) < 4.78 is 39.1. The largest absolute Gasteiger partial charge is 0.451 e. The third kappa shape index (κ3) is 4.78. The van der Waals surface area contributed by atoms with Crippen LogP contribution in [0.3, 0.4) is 0 Å². The monoisotopic (exact) mass is 386 g/mol. The second-order valence-electron chi connectivity index (χ2n) is 6.94. The number of amides is 1. The van der Waals surface area contributed by atoms with Crippen molar-refractivity contribution in [2.24, 2.45) is 7.05 Å². The number of benzene rings is 1. The van der Waals surface area contributed by atoms with Crippen molar-refractivity contribution in [1.82, 2.24) is 14.8 Å². The summed E-state index contributed by atoms with van der Waals surface area (Å²) in [5.41, 5.74) is 1.77. The van der Waals surface area contributed by atoms with E-state index in [1.807, 2.05) is 12.1 Å². The second-order valence-corrected chi connectivity index (χ2v) is 8.25. The molecular weight excluding hydrogens is 365 g/mol. The standard InChI is InChI=1S/C17H21F3N4OS/c1-10(26-15-23-22-14(24(15)5)17(18,19)20)13(25)21-12-8-6-11(7-9-12)16(2,3)4/h6-10H,1-5H3,(H,21,25). The molecule has 0 saturated heterocycles. The number of carbonyl (C=O) groups is 1. The van der Waals surface area contributed by atoms with Crippen LogP contribution in [0.1, 0.15) is 39.1 Å². The fourth-order valence-electron chi connectivity index (χ4n) is 2.17. The number of hydrogen-bond acceptors (Lipinski definition) is 4. The molecule has 1 aromatic carbocycles. The third-order valence-corrected chi connectivity index (χ3v) is 4.89. The van der Waals surface area contributed by atoms with Crippen LogP contribution < -0.4 is 5.32 Å². The van der Waals surface area contributed by atoms with Gasteiger partial charge in [-0.05, 0) is 30.0 Å². The Bertz CT molecular complexity index is 779. The minimum Gasteiger partial charge on any atom is -0.325 e.